The van der Waals surface area contributed by atoms with Gasteiger partial charge < -0.3 is 14.6 Å². The van der Waals surface area contributed by atoms with Crippen LogP contribution in [0.15, 0.2) is 46.2 Å². The number of nitrogens with one attached hydrogen (secondary N) is 1. The van der Waals surface area contributed by atoms with Crippen molar-refractivity contribution in [2.45, 2.75) is 31.8 Å². The average molecular weight is 399 g/mol. The molecule has 0 bridgehead atoms. The molecule has 0 aliphatic heterocycles. The molecule has 0 aliphatic carbocycles. The Morgan fingerprint density at radius 1 is 1.29 bits per heavy atom. The summed E-state index contributed by atoms with van der Waals surface area (Å²) in [6.45, 7) is 5.01. The fourth-order valence-corrected chi connectivity index (χ4v) is 3.48. The lowest BCUT2D eigenvalue weighted by molar-refractivity contribution is -0.145. The van der Waals surface area contributed by atoms with E-state index in [4.69, 9.17) is 4.74 Å². The second-order valence-corrected chi connectivity index (χ2v) is 7.26. The topological polar surface area (TPSA) is 103 Å². The van der Waals surface area contributed by atoms with E-state index in [1.54, 1.807) is 11.8 Å². The van der Waals surface area contributed by atoms with Gasteiger partial charge in [-0.05, 0) is 38.5 Å². The third-order valence-corrected chi connectivity index (χ3v) is 4.80. The third kappa shape index (κ3) is 5.47. The van der Waals surface area contributed by atoms with Crippen LogP contribution < -0.4 is 10.5 Å². The molecule has 0 saturated carbocycles. The lowest BCUT2D eigenvalue weighted by atomic mass is 10.2. The maximum atomic E-state index is 12.5. The van der Waals surface area contributed by atoms with Crippen LogP contribution in [-0.4, -0.2) is 35.3 Å². The minimum atomic E-state index is -0.610. The van der Waals surface area contributed by atoms with Crippen molar-refractivity contribution >= 4 is 29.3 Å². The number of anilines is 1. The molecule has 0 spiro atoms. The summed E-state index contributed by atoms with van der Waals surface area (Å²) in [5.74, 6) is -1.07. The SMILES string of the molecule is Cc1cc(=O)[nH]c(SCC(=O)OCC(=O)N(c2ccccc2)C(C)C)c1C#N. The predicted molar refractivity (Wildman–Crippen MR) is 107 cm³/mol. The van der Waals surface area contributed by atoms with Gasteiger partial charge in [0.1, 0.15) is 6.07 Å². The zero-order chi connectivity index (χ0) is 20.7. The molecule has 146 valence electrons. The van der Waals surface area contributed by atoms with Crippen molar-refractivity contribution in [3.05, 3.63) is 57.9 Å². The molecule has 1 N–H and O–H groups in total. The van der Waals surface area contributed by atoms with Gasteiger partial charge in [0.15, 0.2) is 6.61 Å². The minimum Gasteiger partial charge on any atom is -0.455 e. The van der Waals surface area contributed by atoms with Crippen LogP contribution in [-0.2, 0) is 14.3 Å². The van der Waals surface area contributed by atoms with E-state index in [2.05, 4.69) is 4.98 Å². The first kappa shape index (κ1) is 21.3. The molecule has 28 heavy (non-hydrogen) atoms. The van der Waals surface area contributed by atoms with Gasteiger partial charge in [0.25, 0.3) is 5.91 Å². The lowest BCUT2D eigenvalue weighted by Crippen LogP contribution is -2.40. The second kappa shape index (κ2) is 9.76. The molecular weight excluding hydrogens is 378 g/mol. The molecule has 0 saturated heterocycles. The normalized spacial score (nSPS) is 10.4. The van der Waals surface area contributed by atoms with E-state index in [0.29, 0.717) is 16.2 Å². The number of aromatic nitrogens is 1. The van der Waals surface area contributed by atoms with Crippen LogP contribution in [0.1, 0.15) is 25.0 Å². The summed E-state index contributed by atoms with van der Waals surface area (Å²) in [6, 6.07) is 12.4. The Hall–Kier alpha value is -3.05. The third-order valence-electron chi connectivity index (χ3n) is 3.83. The summed E-state index contributed by atoms with van der Waals surface area (Å²) < 4.78 is 5.09. The summed E-state index contributed by atoms with van der Waals surface area (Å²) in [7, 11) is 0. The van der Waals surface area contributed by atoms with Crippen molar-refractivity contribution in [2.24, 2.45) is 0 Å². The molecule has 0 fully saturated rings. The smallest absolute Gasteiger partial charge is 0.316 e. The van der Waals surface area contributed by atoms with Gasteiger partial charge in [-0.15, -0.1) is 0 Å². The number of thioether (sulfide) groups is 1. The monoisotopic (exact) mass is 399 g/mol. The maximum Gasteiger partial charge on any atom is 0.316 e. The molecule has 8 heteroatoms. The number of esters is 1. The number of aromatic amines is 1. The molecule has 0 aliphatic rings. The van der Waals surface area contributed by atoms with Crippen LogP contribution in [0.5, 0.6) is 0 Å². The molecule has 1 amide bonds. The van der Waals surface area contributed by atoms with Crippen molar-refractivity contribution in [3.63, 3.8) is 0 Å². The summed E-state index contributed by atoms with van der Waals surface area (Å²) in [4.78, 5) is 40.2. The Bertz CT molecular complexity index is 948. The number of benzene rings is 1. The van der Waals surface area contributed by atoms with Crippen molar-refractivity contribution in [2.75, 3.05) is 17.3 Å². The molecule has 1 heterocycles. The highest BCUT2D eigenvalue weighted by molar-refractivity contribution is 7.99. The highest BCUT2D eigenvalue weighted by Gasteiger charge is 2.20. The number of para-hydroxylation sites is 1. The molecule has 0 radical (unpaired) electrons. The van der Waals surface area contributed by atoms with Gasteiger partial charge in [-0.25, -0.2) is 0 Å². The standard InChI is InChI=1S/C20H21N3O4S/c1-13(2)23(15-7-5-4-6-8-15)18(25)11-27-19(26)12-28-20-16(10-21)14(3)9-17(24)22-20/h4-9,13H,11-12H2,1-3H3,(H,22,24). The highest BCUT2D eigenvalue weighted by atomic mass is 32.2. The van der Waals surface area contributed by atoms with Gasteiger partial charge in [0, 0.05) is 17.8 Å². The van der Waals surface area contributed by atoms with Crippen LogP contribution >= 0.6 is 11.8 Å². The number of rotatable bonds is 7. The van der Waals surface area contributed by atoms with Gasteiger partial charge in [-0.2, -0.15) is 5.26 Å². The van der Waals surface area contributed by atoms with Crippen molar-refractivity contribution in [3.8, 4) is 6.07 Å². The van der Waals surface area contributed by atoms with E-state index >= 15 is 0 Å². The van der Waals surface area contributed by atoms with E-state index in [-0.39, 0.29) is 29.9 Å². The number of pyridine rings is 1. The molecule has 2 aromatic rings. The number of nitrogens with zero attached hydrogens (tertiary/aromatic N) is 2. The molecular formula is C20H21N3O4S. The Morgan fingerprint density at radius 3 is 2.57 bits per heavy atom. The van der Waals surface area contributed by atoms with Crippen molar-refractivity contribution in [1.82, 2.24) is 4.98 Å². The number of aryl methyl sites for hydroxylation is 1. The molecule has 1 aromatic carbocycles. The van der Waals surface area contributed by atoms with E-state index in [9.17, 15) is 19.6 Å². The quantitative estimate of drug-likeness (QED) is 0.567. The Kier molecular flexibility index (Phi) is 7.41. The summed E-state index contributed by atoms with van der Waals surface area (Å²) in [5, 5.41) is 9.51. The van der Waals surface area contributed by atoms with Crippen LogP contribution in [0.25, 0.3) is 0 Å². The first-order chi connectivity index (χ1) is 13.3. The van der Waals surface area contributed by atoms with E-state index in [0.717, 1.165) is 17.4 Å². The minimum absolute atomic E-state index is 0.0986. The zero-order valence-corrected chi connectivity index (χ0v) is 16.7. The molecule has 0 unspecified atom stereocenters. The first-order valence-corrected chi connectivity index (χ1v) is 9.61. The van der Waals surface area contributed by atoms with Crippen LogP contribution in [0.3, 0.4) is 0 Å². The number of nitriles is 1. The van der Waals surface area contributed by atoms with Gasteiger partial charge in [-0.1, -0.05) is 30.0 Å². The van der Waals surface area contributed by atoms with E-state index in [1.807, 2.05) is 50.2 Å². The summed E-state index contributed by atoms with van der Waals surface area (Å²) >= 11 is 0.993. The summed E-state index contributed by atoms with van der Waals surface area (Å²) in [5.41, 5.74) is 1.22. The van der Waals surface area contributed by atoms with Gasteiger partial charge in [-0.3, -0.25) is 14.4 Å². The largest absolute Gasteiger partial charge is 0.455 e. The van der Waals surface area contributed by atoms with Crippen molar-refractivity contribution in [1.29, 1.82) is 5.26 Å². The zero-order valence-electron chi connectivity index (χ0n) is 15.9. The maximum absolute atomic E-state index is 12.5. The van der Waals surface area contributed by atoms with E-state index < -0.39 is 5.97 Å². The molecule has 7 nitrogen and oxygen atoms in total. The number of hydrogen-bond donors (Lipinski definition) is 1. The first-order valence-electron chi connectivity index (χ1n) is 8.63. The van der Waals surface area contributed by atoms with E-state index in [1.165, 1.54) is 6.07 Å². The van der Waals surface area contributed by atoms with Crippen LogP contribution in [0.2, 0.25) is 0 Å². The number of hydrogen-bond acceptors (Lipinski definition) is 6. The lowest BCUT2D eigenvalue weighted by Gasteiger charge is -2.26. The summed E-state index contributed by atoms with van der Waals surface area (Å²) in [6.07, 6.45) is 0. The average Bonchev–Trinajstić information content (AvgIpc) is 2.65. The number of amides is 1. The Balaban J connectivity index is 1.96. The Morgan fingerprint density at radius 2 is 1.96 bits per heavy atom. The fourth-order valence-electron chi connectivity index (χ4n) is 2.61. The predicted octanol–water partition coefficient (Wildman–Crippen LogP) is 2.63. The number of H-pyrrole nitrogens is 1. The van der Waals surface area contributed by atoms with Crippen LogP contribution in [0, 0.1) is 18.3 Å². The number of ether oxygens (including phenoxy) is 1. The van der Waals surface area contributed by atoms with Gasteiger partial charge >= 0.3 is 5.97 Å². The highest BCUT2D eigenvalue weighted by Crippen LogP contribution is 2.21. The fraction of sp³-hybridized carbons (Fsp3) is 0.300. The van der Waals surface area contributed by atoms with Gasteiger partial charge in [0.05, 0.1) is 16.3 Å². The molecule has 2 rings (SSSR count). The van der Waals surface area contributed by atoms with Crippen molar-refractivity contribution < 1.29 is 14.3 Å². The Labute approximate surface area is 167 Å². The van der Waals surface area contributed by atoms with Gasteiger partial charge in [0.2, 0.25) is 5.56 Å². The molecule has 1 aromatic heterocycles. The second-order valence-electron chi connectivity index (χ2n) is 6.27. The number of carbonyl (C=O) groups is 2. The molecule has 0 atom stereocenters. The van der Waals surface area contributed by atoms with Crippen LogP contribution in [0.4, 0.5) is 5.69 Å². The number of carbonyl (C=O) groups excluding carboxylic acids is 2.